The third-order valence-corrected chi connectivity index (χ3v) is 1.67. The molecule has 0 radical (unpaired) electrons. The van der Waals surface area contributed by atoms with Gasteiger partial charge in [-0.2, -0.15) is 0 Å². The predicted molar refractivity (Wildman–Crippen MR) is 43.8 cm³/mol. The SMILES string of the molecule is CC(=O)NCCC1NC(=O)NC1=O. The average Bonchev–Trinajstić information content (AvgIpc) is 2.29. The number of hydrogen-bond acceptors (Lipinski definition) is 3. The van der Waals surface area contributed by atoms with Crippen molar-refractivity contribution in [3.05, 3.63) is 0 Å². The Hall–Kier alpha value is -1.59. The first-order valence-electron chi connectivity index (χ1n) is 3.95. The summed E-state index contributed by atoms with van der Waals surface area (Å²) in [4.78, 5) is 32.0. The lowest BCUT2D eigenvalue weighted by molar-refractivity contribution is -0.121. The molecule has 0 aliphatic carbocycles. The smallest absolute Gasteiger partial charge is 0.322 e. The van der Waals surface area contributed by atoms with E-state index in [4.69, 9.17) is 0 Å². The van der Waals surface area contributed by atoms with Crippen molar-refractivity contribution in [2.45, 2.75) is 19.4 Å². The van der Waals surface area contributed by atoms with Gasteiger partial charge in [-0.15, -0.1) is 0 Å². The van der Waals surface area contributed by atoms with Gasteiger partial charge in [0.15, 0.2) is 0 Å². The van der Waals surface area contributed by atoms with E-state index in [-0.39, 0.29) is 11.8 Å². The Kier molecular flexibility index (Phi) is 2.84. The Labute approximate surface area is 75.1 Å². The van der Waals surface area contributed by atoms with Crippen molar-refractivity contribution >= 4 is 17.8 Å². The summed E-state index contributed by atoms with van der Waals surface area (Å²) >= 11 is 0. The zero-order chi connectivity index (χ0) is 9.84. The van der Waals surface area contributed by atoms with E-state index in [9.17, 15) is 14.4 Å². The lowest BCUT2D eigenvalue weighted by atomic mass is 10.2. The van der Waals surface area contributed by atoms with Crippen LogP contribution in [0.5, 0.6) is 0 Å². The lowest BCUT2D eigenvalue weighted by Crippen LogP contribution is -2.33. The van der Waals surface area contributed by atoms with E-state index < -0.39 is 12.1 Å². The molecule has 72 valence electrons. The summed E-state index contributed by atoms with van der Waals surface area (Å²) < 4.78 is 0. The highest BCUT2D eigenvalue weighted by Crippen LogP contribution is 1.96. The van der Waals surface area contributed by atoms with E-state index >= 15 is 0 Å². The molecule has 0 saturated carbocycles. The highest BCUT2D eigenvalue weighted by atomic mass is 16.2. The fourth-order valence-electron chi connectivity index (χ4n) is 1.05. The van der Waals surface area contributed by atoms with Gasteiger partial charge >= 0.3 is 6.03 Å². The molecule has 4 amide bonds. The molecule has 0 aromatic rings. The Balaban J connectivity index is 2.26. The molecule has 1 unspecified atom stereocenters. The number of imide groups is 1. The number of hydrogen-bond donors (Lipinski definition) is 3. The third-order valence-electron chi connectivity index (χ3n) is 1.67. The van der Waals surface area contributed by atoms with Crippen molar-refractivity contribution in [3.63, 3.8) is 0 Å². The second-order valence-corrected chi connectivity index (χ2v) is 2.79. The van der Waals surface area contributed by atoms with Crippen LogP contribution in [0.15, 0.2) is 0 Å². The second kappa shape index (κ2) is 3.88. The van der Waals surface area contributed by atoms with Crippen molar-refractivity contribution in [2.24, 2.45) is 0 Å². The van der Waals surface area contributed by atoms with E-state index in [1.807, 2.05) is 0 Å². The van der Waals surface area contributed by atoms with Crippen LogP contribution < -0.4 is 16.0 Å². The van der Waals surface area contributed by atoms with Crippen LogP contribution in [0.3, 0.4) is 0 Å². The molecule has 1 rings (SSSR count). The molecule has 0 aromatic carbocycles. The van der Waals surface area contributed by atoms with E-state index in [1.165, 1.54) is 6.92 Å². The molecule has 1 heterocycles. The Morgan fingerprint density at radius 1 is 1.54 bits per heavy atom. The molecular weight excluding hydrogens is 174 g/mol. The van der Waals surface area contributed by atoms with Crippen LogP contribution >= 0.6 is 0 Å². The van der Waals surface area contributed by atoms with Gasteiger partial charge in [0, 0.05) is 13.5 Å². The molecule has 1 atom stereocenters. The van der Waals surface area contributed by atoms with Gasteiger partial charge in [-0.05, 0) is 6.42 Å². The topological polar surface area (TPSA) is 87.3 Å². The first-order chi connectivity index (χ1) is 6.09. The standard InChI is InChI=1S/C7H11N3O3/c1-4(11)8-3-2-5-6(12)10-7(13)9-5/h5H,2-3H2,1H3,(H,8,11)(H2,9,10,12,13). The van der Waals surface area contributed by atoms with Crippen molar-refractivity contribution in [1.29, 1.82) is 0 Å². The number of rotatable bonds is 3. The van der Waals surface area contributed by atoms with Crippen LogP contribution in [0.2, 0.25) is 0 Å². The Bertz CT molecular complexity index is 251. The summed E-state index contributed by atoms with van der Waals surface area (Å²) in [6.45, 7) is 1.78. The number of carbonyl (C=O) groups excluding carboxylic acids is 3. The number of carbonyl (C=O) groups is 3. The predicted octanol–water partition coefficient (Wildman–Crippen LogP) is -1.28. The summed E-state index contributed by atoms with van der Waals surface area (Å²) in [5.74, 6) is -0.486. The van der Waals surface area contributed by atoms with E-state index in [1.54, 1.807) is 0 Å². The maximum absolute atomic E-state index is 11.0. The maximum Gasteiger partial charge on any atom is 0.322 e. The highest BCUT2D eigenvalue weighted by molar-refractivity contribution is 6.04. The fourth-order valence-corrected chi connectivity index (χ4v) is 1.05. The molecule has 0 bridgehead atoms. The first kappa shape index (κ1) is 9.50. The fraction of sp³-hybridized carbons (Fsp3) is 0.571. The molecule has 1 saturated heterocycles. The first-order valence-corrected chi connectivity index (χ1v) is 3.95. The van der Waals surface area contributed by atoms with E-state index in [0.29, 0.717) is 13.0 Å². The van der Waals surface area contributed by atoms with Crippen LogP contribution in [-0.4, -0.2) is 30.4 Å². The van der Waals surface area contributed by atoms with Crippen LogP contribution in [0.1, 0.15) is 13.3 Å². The molecule has 13 heavy (non-hydrogen) atoms. The highest BCUT2D eigenvalue weighted by Gasteiger charge is 2.28. The number of amides is 4. The van der Waals surface area contributed by atoms with Gasteiger partial charge in [0.2, 0.25) is 5.91 Å². The van der Waals surface area contributed by atoms with Crippen LogP contribution in [0, 0.1) is 0 Å². The summed E-state index contributed by atoms with van der Waals surface area (Å²) in [5, 5.41) is 7.07. The summed E-state index contributed by atoms with van der Waals surface area (Å²) in [6.07, 6.45) is 0.414. The molecule has 6 nitrogen and oxygen atoms in total. The normalized spacial score (nSPS) is 20.8. The van der Waals surface area contributed by atoms with Crippen LogP contribution in [-0.2, 0) is 9.59 Å². The van der Waals surface area contributed by atoms with Gasteiger partial charge in [0.05, 0.1) is 0 Å². The average molecular weight is 185 g/mol. The van der Waals surface area contributed by atoms with Gasteiger partial charge in [0.1, 0.15) is 6.04 Å². The lowest BCUT2D eigenvalue weighted by Gasteiger charge is -2.06. The van der Waals surface area contributed by atoms with Gasteiger partial charge in [-0.3, -0.25) is 14.9 Å². The monoisotopic (exact) mass is 185 g/mol. The summed E-state index contributed by atoms with van der Waals surface area (Å²) in [7, 11) is 0. The zero-order valence-corrected chi connectivity index (χ0v) is 7.22. The van der Waals surface area contributed by atoms with Gasteiger partial charge in [-0.25, -0.2) is 4.79 Å². The van der Waals surface area contributed by atoms with Crippen molar-refractivity contribution in [1.82, 2.24) is 16.0 Å². The number of urea groups is 1. The van der Waals surface area contributed by atoms with Crippen molar-refractivity contribution in [2.75, 3.05) is 6.54 Å². The second-order valence-electron chi connectivity index (χ2n) is 2.79. The molecule has 6 heteroatoms. The van der Waals surface area contributed by atoms with Crippen molar-refractivity contribution in [3.8, 4) is 0 Å². The number of nitrogens with one attached hydrogen (secondary N) is 3. The zero-order valence-electron chi connectivity index (χ0n) is 7.22. The molecule has 1 fully saturated rings. The molecule has 1 aliphatic rings. The summed E-state index contributed by atoms with van der Waals surface area (Å²) in [5.41, 5.74) is 0. The van der Waals surface area contributed by atoms with E-state index in [2.05, 4.69) is 16.0 Å². The Morgan fingerprint density at radius 2 is 2.23 bits per heavy atom. The van der Waals surface area contributed by atoms with Gasteiger partial charge in [-0.1, -0.05) is 0 Å². The maximum atomic E-state index is 11.0. The van der Waals surface area contributed by atoms with E-state index in [0.717, 1.165) is 0 Å². The minimum Gasteiger partial charge on any atom is -0.356 e. The Morgan fingerprint density at radius 3 is 2.69 bits per heavy atom. The molecule has 0 aromatic heterocycles. The van der Waals surface area contributed by atoms with Crippen LogP contribution in [0.4, 0.5) is 4.79 Å². The third kappa shape index (κ3) is 2.73. The molecule has 0 spiro atoms. The van der Waals surface area contributed by atoms with Gasteiger partial charge in [0.25, 0.3) is 5.91 Å². The molecular formula is C7H11N3O3. The quantitative estimate of drug-likeness (QED) is 0.478. The van der Waals surface area contributed by atoms with Crippen LogP contribution in [0.25, 0.3) is 0 Å². The minimum absolute atomic E-state index is 0.148. The minimum atomic E-state index is -0.514. The summed E-state index contributed by atoms with van der Waals surface area (Å²) in [6, 6.07) is -0.989. The van der Waals surface area contributed by atoms with Gasteiger partial charge < -0.3 is 10.6 Å². The molecule has 3 N–H and O–H groups in total. The largest absolute Gasteiger partial charge is 0.356 e. The van der Waals surface area contributed by atoms with Crippen molar-refractivity contribution < 1.29 is 14.4 Å². The molecule has 1 aliphatic heterocycles.